The molecule has 108 valence electrons. The molecule has 3 N–H and O–H groups in total. The van der Waals surface area contributed by atoms with Gasteiger partial charge in [-0.15, -0.1) is 0 Å². The maximum absolute atomic E-state index is 11.6. The third-order valence-electron chi connectivity index (χ3n) is 3.65. The molecule has 0 aliphatic carbocycles. The molecule has 0 spiro atoms. The van der Waals surface area contributed by atoms with Gasteiger partial charge in [-0.25, -0.2) is 5.84 Å². The summed E-state index contributed by atoms with van der Waals surface area (Å²) < 4.78 is 0. The predicted molar refractivity (Wildman–Crippen MR) is 76.3 cm³/mol. The van der Waals surface area contributed by atoms with Crippen LogP contribution in [0.15, 0.2) is 18.2 Å². The van der Waals surface area contributed by atoms with Gasteiger partial charge >= 0.3 is 0 Å². The number of carbonyl (C=O) groups is 2. The molecule has 0 aromatic heterocycles. The molecule has 0 radical (unpaired) electrons. The van der Waals surface area contributed by atoms with Crippen LogP contribution in [0, 0.1) is 0 Å². The number of amides is 1. The van der Waals surface area contributed by atoms with E-state index in [1.807, 2.05) is 0 Å². The van der Waals surface area contributed by atoms with Crippen molar-refractivity contribution in [3.05, 3.63) is 34.9 Å². The molecule has 1 amide bonds. The molecule has 1 aliphatic heterocycles. The van der Waals surface area contributed by atoms with Gasteiger partial charge in [-0.2, -0.15) is 0 Å². The fourth-order valence-electron chi connectivity index (χ4n) is 2.33. The summed E-state index contributed by atoms with van der Waals surface area (Å²) in [6, 6.07) is 5.02. The molecule has 1 fully saturated rings. The number of aldehydes is 1. The summed E-state index contributed by atoms with van der Waals surface area (Å²) in [5, 5.41) is 0. The van der Waals surface area contributed by atoms with Crippen LogP contribution in [-0.2, 0) is 6.54 Å². The van der Waals surface area contributed by atoms with Crippen LogP contribution in [0.2, 0.25) is 0 Å². The van der Waals surface area contributed by atoms with Gasteiger partial charge in [-0.3, -0.25) is 19.9 Å². The number of hydrogen-bond acceptors (Lipinski definition) is 5. The minimum absolute atomic E-state index is 0.345. The minimum atomic E-state index is -0.345. The van der Waals surface area contributed by atoms with Crippen LogP contribution in [0.3, 0.4) is 0 Å². The number of carbonyl (C=O) groups excluding carboxylic acids is 2. The van der Waals surface area contributed by atoms with Crippen molar-refractivity contribution < 1.29 is 9.59 Å². The van der Waals surface area contributed by atoms with Gasteiger partial charge in [-0.05, 0) is 24.7 Å². The molecule has 0 bridgehead atoms. The predicted octanol–water partition coefficient (Wildman–Crippen LogP) is -0.150. The first-order valence-corrected chi connectivity index (χ1v) is 6.64. The Kier molecular flexibility index (Phi) is 4.84. The number of likely N-dealkylation sites (N-methyl/N-ethyl adjacent to an activating group) is 1. The van der Waals surface area contributed by atoms with Gasteiger partial charge in [0.1, 0.15) is 6.29 Å². The first kappa shape index (κ1) is 14.6. The monoisotopic (exact) mass is 276 g/mol. The van der Waals surface area contributed by atoms with E-state index >= 15 is 0 Å². The van der Waals surface area contributed by atoms with E-state index in [1.54, 1.807) is 18.2 Å². The van der Waals surface area contributed by atoms with Crippen molar-refractivity contribution in [1.82, 2.24) is 15.2 Å². The largest absolute Gasteiger partial charge is 0.304 e. The average molecular weight is 276 g/mol. The normalized spacial score (nSPS) is 16.9. The van der Waals surface area contributed by atoms with Gasteiger partial charge in [-0.1, -0.05) is 6.07 Å². The Balaban J connectivity index is 2.16. The fourth-order valence-corrected chi connectivity index (χ4v) is 2.33. The van der Waals surface area contributed by atoms with Crippen LogP contribution in [0.25, 0.3) is 0 Å². The maximum Gasteiger partial charge on any atom is 0.265 e. The number of nitrogen functional groups attached to an aromatic ring is 1. The molecule has 0 saturated carbocycles. The van der Waals surface area contributed by atoms with Crippen LogP contribution < -0.4 is 11.3 Å². The van der Waals surface area contributed by atoms with Crippen molar-refractivity contribution in [3.63, 3.8) is 0 Å². The quantitative estimate of drug-likeness (QED) is 0.346. The zero-order valence-electron chi connectivity index (χ0n) is 11.6. The molecular formula is C14H20N4O2. The number of hydrogen-bond donors (Lipinski definition) is 2. The minimum Gasteiger partial charge on any atom is -0.304 e. The molecule has 6 nitrogen and oxygen atoms in total. The van der Waals surface area contributed by atoms with Crippen molar-refractivity contribution >= 4 is 12.2 Å². The molecule has 1 aromatic carbocycles. The maximum atomic E-state index is 11.6. The highest BCUT2D eigenvalue weighted by Gasteiger charge is 2.16. The molecular weight excluding hydrogens is 256 g/mol. The fraction of sp³-hybridized carbons (Fsp3) is 0.429. The number of nitrogens with zero attached hydrogens (tertiary/aromatic N) is 2. The lowest BCUT2D eigenvalue weighted by Gasteiger charge is -2.32. The molecule has 6 heteroatoms. The third-order valence-corrected chi connectivity index (χ3v) is 3.65. The molecule has 0 atom stereocenters. The molecule has 1 aliphatic rings. The molecule has 20 heavy (non-hydrogen) atoms. The van der Waals surface area contributed by atoms with Gasteiger partial charge in [0, 0.05) is 43.9 Å². The number of hydrazine groups is 1. The molecule has 1 heterocycles. The van der Waals surface area contributed by atoms with E-state index in [1.165, 1.54) is 0 Å². The lowest BCUT2D eigenvalue weighted by atomic mass is 10.0. The zero-order valence-corrected chi connectivity index (χ0v) is 11.6. The highest BCUT2D eigenvalue weighted by molar-refractivity contribution is 5.94. The number of nitrogens with one attached hydrogen (secondary N) is 1. The second-order valence-corrected chi connectivity index (χ2v) is 5.08. The SMILES string of the molecule is CN1CCN(Cc2cc(C(=O)NN)ccc2C=O)CC1. The van der Waals surface area contributed by atoms with Crippen LogP contribution in [0.1, 0.15) is 26.3 Å². The second-order valence-electron chi connectivity index (χ2n) is 5.08. The lowest BCUT2D eigenvalue weighted by Crippen LogP contribution is -2.44. The average Bonchev–Trinajstić information content (AvgIpc) is 2.48. The van der Waals surface area contributed by atoms with Crippen LogP contribution in [0.5, 0.6) is 0 Å². The van der Waals surface area contributed by atoms with Crippen molar-refractivity contribution in [1.29, 1.82) is 0 Å². The topological polar surface area (TPSA) is 78.7 Å². The summed E-state index contributed by atoms with van der Waals surface area (Å²) in [6.45, 7) is 4.62. The Morgan fingerprint density at radius 1 is 1.35 bits per heavy atom. The lowest BCUT2D eigenvalue weighted by molar-refractivity contribution is 0.0952. The molecule has 0 unspecified atom stereocenters. The number of benzene rings is 1. The first-order valence-electron chi connectivity index (χ1n) is 6.64. The Hall–Kier alpha value is -1.76. The Labute approximate surface area is 118 Å². The van der Waals surface area contributed by atoms with Gasteiger partial charge in [0.05, 0.1) is 0 Å². The number of piperazine rings is 1. The van der Waals surface area contributed by atoms with Gasteiger partial charge < -0.3 is 4.90 Å². The summed E-state index contributed by atoms with van der Waals surface area (Å²) in [5.74, 6) is 4.79. The Morgan fingerprint density at radius 3 is 2.65 bits per heavy atom. The Morgan fingerprint density at radius 2 is 2.05 bits per heavy atom. The first-order chi connectivity index (χ1) is 9.63. The second kappa shape index (κ2) is 6.60. The van der Waals surface area contributed by atoms with E-state index in [0.717, 1.165) is 38.0 Å². The third kappa shape index (κ3) is 3.41. The van der Waals surface area contributed by atoms with E-state index in [9.17, 15) is 9.59 Å². The van der Waals surface area contributed by atoms with Crippen molar-refractivity contribution in [3.8, 4) is 0 Å². The summed E-state index contributed by atoms with van der Waals surface area (Å²) in [5.41, 5.74) is 4.07. The number of rotatable bonds is 4. The van der Waals surface area contributed by atoms with Crippen LogP contribution >= 0.6 is 0 Å². The van der Waals surface area contributed by atoms with Gasteiger partial charge in [0.15, 0.2) is 0 Å². The van der Waals surface area contributed by atoms with Crippen LogP contribution in [0.4, 0.5) is 0 Å². The molecule has 1 saturated heterocycles. The van der Waals surface area contributed by atoms with Gasteiger partial charge in [0.25, 0.3) is 5.91 Å². The Bertz CT molecular complexity index is 496. The molecule has 1 aromatic rings. The van der Waals surface area contributed by atoms with E-state index < -0.39 is 0 Å². The summed E-state index contributed by atoms with van der Waals surface area (Å²) >= 11 is 0. The smallest absolute Gasteiger partial charge is 0.265 e. The van der Waals surface area contributed by atoms with E-state index in [-0.39, 0.29) is 5.91 Å². The summed E-state index contributed by atoms with van der Waals surface area (Å²) in [7, 11) is 2.10. The van der Waals surface area contributed by atoms with Gasteiger partial charge in [0.2, 0.25) is 0 Å². The highest BCUT2D eigenvalue weighted by Crippen LogP contribution is 2.14. The summed E-state index contributed by atoms with van der Waals surface area (Å²) in [4.78, 5) is 27.2. The number of nitrogens with two attached hydrogens (primary N) is 1. The van der Waals surface area contributed by atoms with E-state index in [4.69, 9.17) is 5.84 Å². The van der Waals surface area contributed by atoms with Crippen molar-refractivity contribution in [2.75, 3.05) is 33.2 Å². The van der Waals surface area contributed by atoms with Crippen LogP contribution in [-0.4, -0.2) is 55.2 Å². The molecule has 2 rings (SSSR count). The summed E-state index contributed by atoms with van der Waals surface area (Å²) in [6.07, 6.45) is 0.829. The van der Waals surface area contributed by atoms with E-state index in [2.05, 4.69) is 22.3 Å². The van der Waals surface area contributed by atoms with Crippen molar-refractivity contribution in [2.24, 2.45) is 5.84 Å². The zero-order chi connectivity index (χ0) is 14.5. The highest BCUT2D eigenvalue weighted by atomic mass is 16.2. The van der Waals surface area contributed by atoms with Crippen molar-refractivity contribution in [2.45, 2.75) is 6.54 Å². The standard InChI is InChI=1S/C14H20N4O2/c1-17-4-6-18(7-5-17)9-13-8-11(14(20)16-15)2-3-12(13)10-19/h2-3,8,10H,4-7,9,15H2,1H3,(H,16,20). The van der Waals surface area contributed by atoms with E-state index in [0.29, 0.717) is 17.7 Å².